The van der Waals surface area contributed by atoms with Gasteiger partial charge in [0.05, 0.1) is 5.54 Å². The standard InChI is InChI=1S/C18H31NO/c1-14-11-15(2)13-16(12-14)17(20)18(7-3-4-8-18)19-9-5-6-10-19/h14-16H,3-13H2,1-2H3. The molecule has 2 unspecified atom stereocenters. The van der Waals surface area contributed by atoms with Crippen molar-refractivity contribution in [2.24, 2.45) is 17.8 Å². The summed E-state index contributed by atoms with van der Waals surface area (Å²) in [6, 6.07) is 0. The van der Waals surface area contributed by atoms with Gasteiger partial charge in [-0.3, -0.25) is 9.69 Å². The summed E-state index contributed by atoms with van der Waals surface area (Å²) < 4.78 is 0. The molecular formula is C18H31NO. The first kappa shape index (κ1) is 14.6. The molecule has 3 rings (SSSR count). The van der Waals surface area contributed by atoms with Crippen molar-refractivity contribution in [2.75, 3.05) is 13.1 Å². The van der Waals surface area contributed by atoms with Crippen LogP contribution in [0.4, 0.5) is 0 Å². The maximum Gasteiger partial charge on any atom is 0.156 e. The SMILES string of the molecule is CC1CC(C)CC(C(=O)C2(N3CCCC3)CCCC2)C1. The van der Waals surface area contributed by atoms with Gasteiger partial charge in [0.25, 0.3) is 0 Å². The van der Waals surface area contributed by atoms with Gasteiger partial charge in [-0.1, -0.05) is 26.7 Å². The second-order valence-electron chi connectivity index (χ2n) is 7.91. The van der Waals surface area contributed by atoms with Gasteiger partial charge in [-0.2, -0.15) is 0 Å². The fraction of sp³-hybridized carbons (Fsp3) is 0.944. The molecule has 0 N–H and O–H groups in total. The van der Waals surface area contributed by atoms with Crippen molar-refractivity contribution < 1.29 is 4.79 Å². The third kappa shape index (κ3) is 2.56. The van der Waals surface area contributed by atoms with Crippen molar-refractivity contribution in [3.05, 3.63) is 0 Å². The van der Waals surface area contributed by atoms with E-state index < -0.39 is 0 Å². The summed E-state index contributed by atoms with van der Waals surface area (Å²) in [6.45, 7) is 7.02. The molecule has 2 atom stereocenters. The molecule has 0 aromatic rings. The molecule has 0 radical (unpaired) electrons. The largest absolute Gasteiger partial charge is 0.297 e. The quantitative estimate of drug-likeness (QED) is 0.776. The second kappa shape index (κ2) is 5.79. The Bertz CT molecular complexity index is 342. The van der Waals surface area contributed by atoms with Gasteiger partial charge in [-0.25, -0.2) is 0 Å². The van der Waals surface area contributed by atoms with Crippen LogP contribution >= 0.6 is 0 Å². The minimum absolute atomic E-state index is 0.0437. The Labute approximate surface area is 124 Å². The number of carbonyl (C=O) groups excluding carboxylic acids is 1. The summed E-state index contributed by atoms with van der Waals surface area (Å²) in [6.07, 6.45) is 11.0. The lowest BCUT2D eigenvalue weighted by atomic mass is 9.70. The molecule has 3 aliphatic rings. The molecule has 0 amide bonds. The van der Waals surface area contributed by atoms with Crippen LogP contribution in [0.15, 0.2) is 0 Å². The molecule has 2 saturated carbocycles. The van der Waals surface area contributed by atoms with Crippen LogP contribution in [0.5, 0.6) is 0 Å². The van der Waals surface area contributed by atoms with E-state index in [1.807, 2.05) is 0 Å². The molecule has 2 nitrogen and oxygen atoms in total. The van der Waals surface area contributed by atoms with Crippen LogP contribution in [0.3, 0.4) is 0 Å². The normalized spacial score (nSPS) is 38.2. The van der Waals surface area contributed by atoms with Crippen LogP contribution in [-0.2, 0) is 4.79 Å². The number of hydrogen-bond donors (Lipinski definition) is 0. The molecule has 2 aliphatic carbocycles. The Balaban J connectivity index is 1.78. The van der Waals surface area contributed by atoms with Gasteiger partial charge in [-0.05, 0) is 69.9 Å². The lowest BCUT2D eigenvalue weighted by Gasteiger charge is -2.42. The van der Waals surface area contributed by atoms with Gasteiger partial charge in [0.2, 0.25) is 0 Å². The lowest BCUT2D eigenvalue weighted by molar-refractivity contribution is -0.136. The molecule has 0 aromatic heterocycles. The van der Waals surface area contributed by atoms with Crippen LogP contribution in [0.1, 0.15) is 71.6 Å². The summed E-state index contributed by atoms with van der Waals surface area (Å²) in [5.41, 5.74) is -0.0437. The maximum atomic E-state index is 13.4. The smallest absolute Gasteiger partial charge is 0.156 e. The monoisotopic (exact) mass is 277 g/mol. The van der Waals surface area contributed by atoms with Gasteiger partial charge in [-0.15, -0.1) is 0 Å². The topological polar surface area (TPSA) is 20.3 Å². The highest BCUT2D eigenvalue weighted by Crippen LogP contribution is 2.43. The number of ketones is 1. The first-order valence-corrected chi connectivity index (χ1v) is 8.91. The molecule has 3 fully saturated rings. The number of hydrogen-bond acceptors (Lipinski definition) is 2. The van der Waals surface area contributed by atoms with E-state index in [0.717, 1.165) is 37.5 Å². The summed E-state index contributed by atoms with van der Waals surface area (Å²) >= 11 is 0. The number of nitrogens with zero attached hydrogens (tertiary/aromatic N) is 1. The van der Waals surface area contributed by atoms with Crippen molar-refractivity contribution in [1.82, 2.24) is 4.90 Å². The van der Waals surface area contributed by atoms with E-state index in [0.29, 0.717) is 11.7 Å². The summed E-state index contributed by atoms with van der Waals surface area (Å²) in [5, 5.41) is 0. The molecule has 0 bridgehead atoms. The number of Topliss-reactive ketones (excluding diaryl/α,β-unsaturated/α-hetero) is 1. The average molecular weight is 277 g/mol. The van der Waals surface area contributed by atoms with Gasteiger partial charge in [0, 0.05) is 5.92 Å². The molecule has 0 spiro atoms. The predicted octanol–water partition coefficient (Wildman–Crippen LogP) is 4.04. The van der Waals surface area contributed by atoms with Gasteiger partial charge in [0.1, 0.15) is 0 Å². The van der Waals surface area contributed by atoms with Crippen LogP contribution in [0, 0.1) is 17.8 Å². The molecular weight excluding hydrogens is 246 g/mol. The minimum Gasteiger partial charge on any atom is -0.297 e. The summed E-state index contributed by atoms with van der Waals surface area (Å²) in [7, 11) is 0. The third-order valence-corrected chi connectivity index (χ3v) is 6.15. The molecule has 1 heterocycles. The van der Waals surface area contributed by atoms with Crippen LogP contribution in [0.2, 0.25) is 0 Å². The van der Waals surface area contributed by atoms with Crippen molar-refractivity contribution in [2.45, 2.75) is 77.2 Å². The number of rotatable bonds is 3. The van der Waals surface area contributed by atoms with E-state index in [4.69, 9.17) is 0 Å². The van der Waals surface area contributed by atoms with Crippen LogP contribution < -0.4 is 0 Å². The summed E-state index contributed by atoms with van der Waals surface area (Å²) in [4.78, 5) is 15.9. The lowest BCUT2D eigenvalue weighted by Crippen LogP contribution is -2.54. The number of likely N-dealkylation sites (tertiary alicyclic amines) is 1. The van der Waals surface area contributed by atoms with E-state index in [1.165, 1.54) is 45.2 Å². The van der Waals surface area contributed by atoms with Crippen molar-refractivity contribution >= 4 is 5.78 Å². The maximum absolute atomic E-state index is 13.4. The average Bonchev–Trinajstić information content (AvgIpc) is 3.08. The molecule has 1 saturated heterocycles. The molecule has 2 heteroatoms. The van der Waals surface area contributed by atoms with E-state index in [2.05, 4.69) is 18.7 Å². The Kier molecular flexibility index (Phi) is 4.21. The first-order chi connectivity index (χ1) is 9.62. The zero-order valence-electron chi connectivity index (χ0n) is 13.4. The Morgan fingerprint density at radius 3 is 2.00 bits per heavy atom. The van der Waals surface area contributed by atoms with E-state index in [1.54, 1.807) is 0 Å². The molecule has 0 aromatic carbocycles. The van der Waals surface area contributed by atoms with Gasteiger partial charge >= 0.3 is 0 Å². The fourth-order valence-corrected chi connectivity index (χ4v) is 5.36. The Morgan fingerprint density at radius 2 is 1.45 bits per heavy atom. The van der Waals surface area contributed by atoms with Crippen molar-refractivity contribution in [3.8, 4) is 0 Å². The Morgan fingerprint density at radius 1 is 0.900 bits per heavy atom. The third-order valence-electron chi connectivity index (χ3n) is 6.15. The van der Waals surface area contributed by atoms with Crippen LogP contribution in [-0.4, -0.2) is 29.3 Å². The Hall–Kier alpha value is -0.370. The molecule has 20 heavy (non-hydrogen) atoms. The fourth-order valence-electron chi connectivity index (χ4n) is 5.36. The van der Waals surface area contributed by atoms with Gasteiger partial charge in [0.15, 0.2) is 5.78 Å². The number of carbonyl (C=O) groups is 1. The van der Waals surface area contributed by atoms with Gasteiger partial charge < -0.3 is 0 Å². The van der Waals surface area contributed by atoms with E-state index >= 15 is 0 Å². The molecule has 1 aliphatic heterocycles. The highest BCUT2D eigenvalue weighted by Gasteiger charge is 2.49. The van der Waals surface area contributed by atoms with Crippen LogP contribution in [0.25, 0.3) is 0 Å². The van der Waals surface area contributed by atoms with E-state index in [-0.39, 0.29) is 5.54 Å². The van der Waals surface area contributed by atoms with Crippen molar-refractivity contribution in [1.29, 1.82) is 0 Å². The zero-order chi connectivity index (χ0) is 14.2. The minimum atomic E-state index is -0.0437. The molecule has 114 valence electrons. The van der Waals surface area contributed by atoms with E-state index in [9.17, 15) is 4.79 Å². The second-order valence-corrected chi connectivity index (χ2v) is 7.91. The predicted molar refractivity (Wildman–Crippen MR) is 82.7 cm³/mol. The first-order valence-electron chi connectivity index (χ1n) is 8.91. The van der Waals surface area contributed by atoms with Crippen molar-refractivity contribution in [3.63, 3.8) is 0 Å². The highest BCUT2D eigenvalue weighted by atomic mass is 16.1. The highest BCUT2D eigenvalue weighted by molar-refractivity contribution is 5.91. The zero-order valence-corrected chi connectivity index (χ0v) is 13.4. The summed E-state index contributed by atoms with van der Waals surface area (Å²) in [5.74, 6) is 2.47.